The highest BCUT2D eigenvalue weighted by molar-refractivity contribution is 4.72. The van der Waals surface area contributed by atoms with Gasteiger partial charge in [-0.25, -0.2) is 0 Å². The molecular formula is C15H31NO. The van der Waals surface area contributed by atoms with Crippen molar-refractivity contribution in [1.82, 2.24) is 5.32 Å². The SMILES string of the molecule is CCCC(C)NCC(C)OC1CCCC(C)C1. The van der Waals surface area contributed by atoms with E-state index in [2.05, 4.69) is 33.0 Å². The molecule has 0 aromatic carbocycles. The lowest BCUT2D eigenvalue weighted by Crippen LogP contribution is -2.36. The van der Waals surface area contributed by atoms with Gasteiger partial charge in [0.25, 0.3) is 0 Å². The first-order chi connectivity index (χ1) is 8.11. The van der Waals surface area contributed by atoms with Crippen molar-refractivity contribution in [3.63, 3.8) is 0 Å². The van der Waals surface area contributed by atoms with E-state index in [1.54, 1.807) is 0 Å². The molecule has 1 saturated carbocycles. The highest BCUT2D eigenvalue weighted by atomic mass is 16.5. The molecule has 1 fully saturated rings. The molecule has 0 radical (unpaired) electrons. The second kappa shape index (κ2) is 8.10. The number of rotatable bonds is 7. The van der Waals surface area contributed by atoms with E-state index < -0.39 is 0 Å². The molecule has 0 amide bonds. The maximum absolute atomic E-state index is 6.13. The van der Waals surface area contributed by atoms with Gasteiger partial charge in [-0.1, -0.05) is 33.1 Å². The molecule has 2 heteroatoms. The van der Waals surface area contributed by atoms with E-state index in [1.807, 2.05) is 0 Å². The Balaban J connectivity index is 2.13. The average molecular weight is 241 g/mol. The van der Waals surface area contributed by atoms with Gasteiger partial charge < -0.3 is 10.1 Å². The van der Waals surface area contributed by atoms with Crippen LogP contribution in [0.3, 0.4) is 0 Å². The van der Waals surface area contributed by atoms with Gasteiger partial charge in [0.15, 0.2) is 0 Å². The fourth-order valence-corrected chi connectivity index (χ4v) is 2.78. The van der Waals surface area contributed by atoms with E-state index in [1.165, 1.54) is 38.5 Å². The van der Waals surface area contributed by atoms with Crippen molar-refractivity contribution in [2.75, 3.05) is 6.54 Å². The fourth-order valence-electron chi connectivity index (χ4n) is 2.78. The normalized spacial score (nSPS) is 28.9. The van der Waals surface area contributed by atoms with Gasteiger partial charge in [0.2, 0.25) is 0 Å². The van der Waals surface area contributed by atoms with Crippen molar-refractivity contribution >= 4 is 0 Å². The van der Waals surface area contributed by atoms with Crippen LogP contribution in [0.5, 0.6) is 0 Å². The third-order valence-corrected chi connectivity index (χ3v) is 3.79. The molecule has 0 bridgehead atoms. The van der Waals surface area contributed by atoms with Crippen LogP contribution in [0.4, 0.5) is 0 Å². The van der Waals surface area contributed by atoms with Crippen molar-refractivity contribution in [2.45, 2.75) is 84.5 Å². The van der Waals surface area contributed by atoms with Crippen LogP contribution in [0, 0.1) is 5.92 Å². The standard InChI is InChI=1S/C15H31NO/c1-5-7-13(3)16-11-14(4)17-15-9-6-8-12(2)10-15/h12-16H,5-11H2,1-4H3. The highest BCUT2D eigenvalue weighted by Gasteiger charge is 2.21. The molecule has 0 saturated heterocycles. The minimum Gasteiger partial charge on any atom is -0.374 e. The Labute approximate surface area is 108 Å². The smallest absolute Gasteiger partial charge is 0.0675 e. The van der Waals surface area contributed by atoms with E-state index in [9.17, 15) is 0 Å². The van der Waals surface area contributed by atoms with Crippen LogP contribution in [0.25, 0.3) is 0 Å². The number of ether oxygens (including phenoxy) is 1. The molecule has 4 unspecified atom stereocenters. The van der Waals surface area contributed by atoms with Gasteiger partial charge in [-0.15, -0.1) is 0 Å². The zero-order chi connectivity index (χ0) is 12.7. The minimum absolute atomic E-state index is 0.351. The molecule has 4 atom stereocenters. The van der Waals surface area contributed by atoms with E-state index in [0.29, 0.717) is 18.2 Å². The summed E-state index contributed by atoms with van der Waals surface area (Å²) >= 11 is 0. The summed E-state index contributed by atoms with van der Waals surface area (Å²) in [6.07, 6.45) is 8.63. The monoisotopic (exact) mass is 241 g/mol. The highest BCUT2D eigenvalue weighted by Crippen LogP contribution is 2.26. The van der Waals surface area contributed by atoms with Crippen molar-refractivity contribution < 1.29 is 4.74 Å². The zero-order valence-electron chi connectivity index (χ0n) is 12.2. The molecule has 1 aliphatic rings. The lowest BCUT2D eigenvalue weighted by Gasteiger charge is -2.30. The maximum Gasteiger partial charge on any atom is 0.0675 e. The second-order valence-electron chi connectivity index (χ2n) is 5.94. The summed E-state index contributed by atoms with van der Waals surface area (Å²) in [6.45, 7) is 10.0. The summed E-state index contributed by atoms with van der Waals surface area (Å²) in [6, 6.07) is 0.622. The van der Waals surface area contributed by atoms with Crippen LogP contribution >= 0.6 is 0 Å². The predicted molar refractivity (Wildman–Crippen MR) is 74.3 cm³/mol. The van der Waals surface area contributed by atoms with Crippen LogP contribution in [0.2, 0.25) is 0 Å². The first-order valence-electron chi connectivity index (χ1n) is 7.50. The van der Waals surface area contributed by atoms with Crippen molar-refractivity contribution in [3.05, 3.63) is 0 Å². The van der Waals surface area contributed by atoms with Crippen LogP contribution in [0.1, 0.15) is 66.2 Å². The zero-order valence-corrected chi connectivity index (χ0v) is 12.2. The molecule has 0 heterocycles. The van der Waals surface area contributed by atoms with Gasteiger partial charge in [0, 0.05) is 12.6 Å². The Morgan fingerprint density at radius 2 is 2.06 bits per heavy atom. The number of hydrogen-bond donors (Lipinski definition) is 1. The summed E-state index contributed by atoms with van der Waals surface area (Å²) in [5, 5.41) is 3.56. The lowest BCUT2D eigenvalue weighted by molar-refractivity contribution is -0.0300. The molecule has 2 nitrogen and oxygen atoms in total. The van der Waals surface area contributed by atoms with Gasteiger partial charge in [0.1, 0.15) is 0 Å². The Morgan fingerprint density at radius 1 is 1.29 bits per heavy atom. The van der Waals surface area contributed by atoms with Crippen LogP contribution in [0.15, 0.2) is 0 Å². The van der Waals surface area contributed by atoms with E-state index in [0.717, 1.165) is 12.5 Å². The molecule has 0 aliphatic heterocycles. The summed E-state index contributed by atoms with van der Waals surface area (Å²) in [5.41, 5.74) is 0. The molecule has 1 aliphatic carbocycles. The molecule has 0 aromatic heterocycles. The second-order valence-corrected chi connectivity index (χ2v) is 5.94. The molecule has 17 heavy (non-hydrogen) atoms. The van der Waals surface area contributed by atoms with Crippen molar-refractivity contribution in [2.24, 2.45) is 5.92 Å². The van der Waals surface area contributed by atoms with E-state index in [4.69, 9.17) is 4.74 Å². The maximum atomic E-state index is 6.13. The van der Waals surface area contributed by atoms with Crippen molar-refractivity contribution in [1.29, 1.82) is 0 Å². The molecule has 102 valence electrons. The molecular weight excluding hydrogens is 210 g/mol. The Bertz CT molecular complexity index is 195. The Kier molecular flexibility index (Phi) is 7.14. The van der Waals surface area contributed by atoms with Gasteiger partial charge in [0.05, 0.1) is 12.2 Å². The first-order valence-corrected chi connectivity index (χ1v) is 7.50. The van der Waals surface area contributed by atoms with E-state index in [-0.39, 0.29) is 0 Å². The lowest BCUT2D eigenvalue weighted by atomic mass is 9.88. The number of nitrogens with one attached hydrogen (secondary N) is 1. The third-order valence-electron chi connectivity index (χ3n) is 3.79. The Hall–Kier alpha value is -0.0800. The quantitative estimate of drug-likeness (QED) is 0.733. The van der Waals surface area contributed by atoms with Crippen molar-refractivity contribution in [3.8, 4) is 0 Å². The molecule has 1 rings (SSSR count). The summed E-state index contributed by atoms with van der Waals surface area (Å²) in [7, 11) is 0. The van der Waals surface area contributed by atoms with Gasteiger partial charge in [-0.3, -0.25) is 0 Å². The Morgan fingerprint density at radius 3 is 2.71 bits per heavy atom. The fraction of sp³-hybridized carbons (Fsp3) is 1.00. The molecule has 0 aromatic rings. The van der Waals surface area contributed by atoms with Crippen LogP contribution in [-0.4, -0.2) is 24.8 Å². The predicted octanol–water partition coefficient (Wildman–Crippen LogP) is 3.75. The summed E-state index contributed by atoms with van der Waals surface area (Å²) in [4.78, 5) is 0. The first kappa shape index (κ1) is 15.0. The van der Waals surface area contributed by atoms with Gasteiger partial charge >= 0.3 is 0 Å². The molecule has 0 spiro atoms. The third kappa shape index (κ3) is 6.42. The largest absolute Gasteiger partial charge is 0.374 e. The van der Waals surface area contributed by atoms with Crippen LogP contribution in [-0.2, 0) is 4.74 Å². The molecule has 1 N–H and O–H groups in total. The summed E-state index contributed by atoms with van der Waals surface area (Å²) in [5.74, 6) is 0.855. The van der Waals surface area contributed by atoms with Gasteiger partial charge in [-0.2, -0.15) is 0 Å². The topological polar surface area (TPSA) is 21.3 Å². The minimum atomic E-state index is 0.351. The average Bonchev–Trinajstić information content (AvgIpc) is 2.27. The van der Waals surface area contributed by atoms with E-state index >= 15 is 0 Å². The summed E-state index contributed by atoms with van der Waals surface area (Å²) < 4.78 is 6.13. The van der Waals surface area contributed by atoms with Gasteiger partial charge in [-0.05, 0) is 39.0 Å². The van der Waals surface area contributed by atoms with Crippen LogP contribution < -0.4 is 5.32 Å². The number of hydrogen-bond acceptors (Lipinski definition) is 2.